The number of carbonyl (C=O) groups is 1. The van der Waals surface area contributed by atoms with Crippen molar-refractivity contribution < 1.29 is 36.1 Å². The SMILES string of the molecule is O=C([O-])CO.[NH2-].[NH2-].[Pt+2]. The van der Waals surface area contributed by atoms with Crippen LogP contribution in [0.1, 0.15) is 0 Å². The molecule has 0 aromatic rings. The van der Waals surface area contributed by atoms with Gasteiger partial charge < -0.3 is 27.3 Å². The number of aliphatic carboxylic acids is 1. The molecule has 0 bridgehead atoms. The van der Waals surface area contributed by atoms with Gasteiger partial charge in [0.25, 0.3) is 0 Å². The van der Waals surface area contributed by atoms with Crippen molar-refractivity contribution in [2.24, 2.45) is 0 Å². The van der Waals surface area contributed by atoms with E-state index in [9.17, 15) is 0 Å². The zero-order valence-corrected chi connectivity index (χ0v) is 6.21. The minimum absolute atomic E-state index is 0. The number of aliphatic hydroxyl groups is 1. The summed E-state index contributed by atoms with van der Waals surface area (Å²) in [5.74, 6) is -1.44. The quantitative estimate of drug-likeness (QED) is 0.678. The Bertz CT molecular complexity index is 50.5. The molecule has 5 N–H and O–H groups in total. The molecule has 0 aromatic heterocycles. The van der Waals surface area contributed by atoms with Crippen molar-refractivity contribution in [3.63, 3.8) is 0 Å². The van der Waals surface area contributed by atoms with Crippen molar-refractivity contribution in [3.8, 4) is 0 Å². The smallest absolute Gasteiger partial charge is 0.693 e. The number of rotatable bonds is 1. The van der Waals surface area contributed by atoms with Crippen molar-refractivity contribution in [1.29, 1.82) is 0 Å². The van der Waals surface area contributed by atoms with Crippen LogP contribution in [0.15, 0.2) is 0 Å². The molecule has 0 unspecified atom stereocenters. The minimum atomic E-state index is -1.44. The van der Waals surface area contributed by atoms with Crippen LogP contribution in [-0.4, -0.2) is 17.7 Å². The van der Waals surface area contributed by atoms with Crippen LogP contribution in [0.3, 0.4) is 0 Å². The fraction of sp³-hybridized carbons (Fsp3) is 0.500. The van der Waals surface area contributed by atoms with Crippen LogP contribution < -0.4 is 5.11 Å². The monoisotopic (exact) mass is 302 g/mol. The summed E-state index contributed by atoms with van der Waals surface area (Å²) in [6.07, 6.45) is 0. The van der Waals surface area contributed by atoms with Crippen LogP contribution in [0.25, 0.3) is 12.3 Å². The van der Waals surface area contributed by atoms with Crippen molar-refractivity contribution >= 4 is 5.97 Å². The van der Waals surface area contributed by atoms with Gasteiger partial charge in [0.05, 0.1) is 12.6 Å². The van der Waals surface area contributed by atoms with Gasteiger partial charge in [-0.15, -0.1) is 0 Å². The van der Waals surface area contributed by atoms with E-state index in [0.717, 1.165) is 0 Å². The zero-order chi connectivity index (χ0) is 4.28. The van der Waals surface area contributed by atoms with Gasteiger partial charge in [-0.2, -0.15) is 0 Å². The first kappa shape index (κ1) is 24.4. The van der Waals surface area contributed by atoms with E-state index in [1.54, 1.807) is 0 Å². The van der Waals surface area contributed by atoms with E-state index in [1.807, 2.05) is 0 Å². The molecule has 0 rings (SSSR count). The fourth-order valence-corrected chi connectivity index (χ4v) is 0. The maximum Gasteiger partial charge on any atom is 2.00 e. The maximum atomic E-state index is 9.01. The summed E-state index contributed by atoms with van der Waals surface area (Å²) < 4.78 is 0. The maximum absolute atomic E-state index is 9.01. The molecule has 0 aliphatic heterocycles. The van der Waals surface area contributed by atoms with Gasteiger partial charge in [0.2, 0.25) is 0 Å². The molecule has 8 heavy (non-hydrogen) atoms. The molecule has 0 atom stereocenters. The van der Waals surface area contributed by atoms with Crippen molar-refractivity contribution in [2.75, 3.05) is 6.61 Å². The van der Waals surface area contributed by atoms with E-state index < -0.39 is 12.6 Å². The van der Waals surface area contributed by atoms with Gasteiger partial charge >= 0.3 is 21.1 Å². The molecule has 0 saturated carbocycles. The predicted molar refractivity (Wildman–Crippen MR) is 22.7 cm³/mol. The Labute approximate surface area is 61.5 Å². The van der Waals surface area contributed by atoms with Gasteiger partial charge in [0.15, 0.2) is 0 Å². The van der Waals surface area contributed by atoms with E-state index >= 15 is 0 Å². The molecule has 0 aliphatic rings. The molecular formula is C2H7N2O3Pt-. The first-order chi connectivity index (χ1) is 2.27. The molecule has 0 amide bonds. The number of hydrogen-bond donors (Lipinski definition) is 1. The summed E-state index contributed by atoms with van der Waals surface area (Å²) in [5, 5.41) is 16.5. The number of nitrogens with two attached hydrogens (primary N) is 2. The summed E-state index contributed by atoms with van der Waals surface area (Å²) in [5.41, 5.74) is 0. The van der Waals surface area contributed by atoms with Gasteiger partial charge in [-0.3, -0.25) is 0 Å². The Balaban J connectivity index is -0.0000000267. The third-order valence-corrected chi connectivity index (χ3v) is 0.129. The molecule has 0 fully saturated rings. The number of carboxylic acid groups (broad SMARTS) is 1. The van der Waals surface area contributed by atoms with Crippen LogP contribution in [-0.2, 0) is 25.9 Å². The van der Waals surface area contributed by atoms with Crippen LogP contribution in [0.2, 0.25) is 0 Å². The molecule has 6 heteroatoms. The predicted octanol–water partition coefficient (Wildman–Crippen LogP) is -0.840. The summed E-state index contributed by atoms with van der Waals surface area (Å²) in [6, 6.07) is 0. The third kappa shape index (κ3) is 36.9. The average Bonchev–Trinajstić information content (AvgIpc) is 1.38. The topological polar surface area (TPSA) is 127 Å². The Kier molecular flexibility index (Phi) is 48.0. The number of hydrogen-bond acceptors (Lipinski definition) is 3. The van der Waals surface area contributed by atoms with Crippen LogP contribution >= 0.6 is 0 Å². The largest absolute Gasteiger partial charge is 2.00 e. The Hall–Kier alpha value is 0.0383. The van der Waals surface area contributed by atoms with E-state index in [-0.39, 0.29) is 33.4 Å². The van der Waals surface area contributed by atoms with Gasteiger partial charge in [-0.05, 0) is 0 Å². The van der Waals surface area contributed by atoms with Crippen molar-refractivity contribution in [3.05, 3.63) is 12.3 Å². The molecule has 5 nitrogen and oxygen atoms in total. The second kappa shape index (κ2) is 15.7. The Morgan fingerprint density at radius 1 is 1.50 bits per heavy atom. The second-order valence-corrected chi connectivity index (χ2v) is 0.530. The summed E-state index contributed by atoms with van der Waals surface area (Å²) >= 11 is 0. The summed E-state index contributed by atoms with van der Waals surface area (Å²) in [6.45, 7) is -0.889. The summed E-state index contributed by atoms with van der Waals surface area (Å²) in [7, 11) is 0. The van der Waals surface area contributed by atoms with E-state index in [2.05, 4.69) is 0 Å². The van der Waals surface area contributed by atoms with Gasteiger partial charge in [-0.1, -0.05) is 0 Å². The van der Waals surface area contributed by atoms with Crippen LogP contribution in [0.4, 0.5) is 0 Å². The molecule has 54 valence electrons. The number of aliphatic hydroxyl groups excluding tert-OH is 1. The first-order valence-electron chi connectivity index (χ1n) is 1.08. The van der Waals surface area contributed by atoms with E-state index in [0.29, 0.717) is 0 Å². The zero-order valence-electron chi connectivity index (χ0n) is 3.94. The van der Waals surface area contributed by atoms with Gasteiger partial charge in [0.1, 0.15) is 0 Å². The molecule has 0 heterocycles. The normalized spacial score (nSPS) is 4.62. The molecule has 0 aliphatic carbocycles. The minimum Gasteiger partial charge on any atom is -0.693 e. The Morgan fingerprint density at radius 2 is 1.62 bits per heavy atom. The molecule has 0 saturated heterocycles. The number of carboxylic acids is 1. The molecule has 0 aromatic carbocycles. The van der Waals surface area contributed by atoms with Crippen LogP contribution in [0.5, 0.6) is 0 Å². The number of carbonyl (C=O) groups excluding carboxylic acids is 1. The molecular weight excluding hydrogens is 295 g/mol. The first-order valence-corrected chi connectivity index (χ1v) is 1.08. The molecule has 0 radical (unpaired) electrons. The fourth-order valence-electron chi connectivity index (χ4n) is 0. The average molecular weight is 302 g/mol. The van der Waals surface area contributed by atoms with E-state index in [1.165, 1.54) is 0 Å². The third-order valence-electron chi connectivity index (χ3n) is 0.129. The van der Waals surface area contributed by atoms with Crippen molar-refractivity contribution in [2.45, 2.75) is 0 Å². The van der Waals surface area contributed by atoms with Crippen molar-refractivity contribution in [1.82, 2.24) is 0 Å². The summed E-state index contributed by atoms with van der Waals surface area (Å²) in [4.78, 5) is 9.01. The molecule has 0 spiro atoms. The Morgan fingerprint density at radius 3 is 1.62 bits per heavy atom. The van der Waals surface area contributed by atoms with Gasteiger partial charge in [0, 0.05) is 0 Å². The second-order valence-electron chi connectivity index (χ2n) is 0.530. The van der Waals surface area contributed by atoms with Gasteiger partial charge in [-0.25, -0.2) is 0 Å². The van der Waals surface area contributed by atoms with Crippen LogP contribution in [0, 0.1) is 0 Å². The van der Waals surface area contributed by atoms with E-state index in [4.69, 9.17) is 15.0 Å². The standard InChI is InChI=1S/C2H4O3.2H2N.Pt/c3-1-2(4)5;;;/h3H,1H2,(H,4,5);2*1H2;/q;2*-1;+2/p-1.